The van der Waals surface area contributed by atoms with Crippen LogP contribution in [0.4, 0.5) is 21.9 Å². The Hall–Kier alpha value is -4.86. The molecule has 3 N–H and O–H groups in total. The van der Waals surface area contributed by atoms with E-state index < -0.39 is 11.7 Å². The zero-order chi connectivity index (χ0) is 27.4. The summed E-state index contributed by atoms with van der Waals surface area (Å²) in [5, 5.41) is 8.32. The number of imidazole rings is 1. The van der Waals surface area contributed by atoms with E-state index in [0.29, 0.717) is 28.5 Å². The second-order valence-corrected chi connectivity index (χ2v) is 9.76. The third-order valence-corrected chi connectivity index (χ3v) is 5.43. The fourth-order valence-corrected chi connectivity index (χ4v) is 3.72. The van der Waals surface area contributed by atoms with Crippen molar-refractivity contribution in [3.05, 3.63) is 84.6 Å². The lowest BCUT2D eigenvalue weighted by Crippen LogP contribution is -2.27. The average molecular weight is 515 g/mol. The zero-order valence-corrected chi connectivity index (χ0v) is 21.9. The van der Waals surface area contributed by atoms with Crippen LogP contribution in [0, 0.1) is 0 Å². The molecule has 0 saturated carbocycles. The number of rotatable bonds is 6. The Labute approximate surface area is 220 Å². The summed E-state index contributed by atoms with van der Waals surface area (Å²) in [4.78, 5) is 42.0. The van der Waals surface area contributed by atoms with Crippen LogP contribution in [-0.4, -0.2) is 37.6 Å². The Kier molecular flexibility index (Phi) is 7.33. The number of hydrogen-bond acceptors (Lipinski definition) is 5. The van der Waals surface area contributed by atoms with Gasteiger partial charge in [-0.15, -0.1) is 0 Å². The van der Waals surface area contributed by atoms with Gasteiger partial charge in [0.15, 0.2) is 5.82 Å². The van der Waals surface area contributed by atoms with Crippen molar-refractivity contribution in [1.29, 1.82) is 0 Å². The summed E-state index contributed by atoms with van der Waals surface area (Å²) in [6.07, 6.45) is 2.81. The van der Waals surface area contributed by atoms with Gasteiger partial charge in [0.05, 0.1) is 11.4 Å². The van der Waals surface area contributed by atoms with E-state index in [-0.39, 0.29) is 17.6 Å². The van der Waals surface area contributed by atoms with Gasteiger partial charge in [-0.3, -0.25) is 14.9 Å². The smallest absolute Gasteiger partial charge is 0.412 e. The van der Waals surface area contributed by atoms with Crippen LogP contribution in [-0.2, 0) is 18.8 Å². The van der Waals surface area contributed by atoms with Gasteiger partial charge in [-0.2, -0.15) is 0 Å². The first-order chi connectivity index (χ1) is 18.0. The molecule has 10 heteroatoms. The van der Waals surface area contributed by atoms with Crippen molar-refractivity contribution >= 4 is 35.0 Å². The molecule has 10 nitrogen and oxygen atoms in total. The van der Waals surface area contributed by atoms with Crippen molar-refractivity contribution in [3.8, 4) is 11.3 Å². The fraction of sp³-hybridized carbons (Fsp3) is 0.214. The van der Waals surface area contributed by atoms with Crippen LogP contribution in [0.15, 0.2) is 73.1 Å². The van der Waals surface area contributed by atoms with E-state index in [0.717, 1.165) is 5.56 Å². The highest BCUT2D eigenvalue weighted by Crippen LogP contribution is 2.22. The second kappa shape index (κ2) is 10.6. The highest BCUT2D eigenvalue weighted by atomic mass is 16.6. The van der Waals surface area contributed by atoms with Crippen molar-refractivity contribution in [3.63, 3.8) is 0 Å². The first-order valence-corrected chi connectivity index (χ1v) is 12.0. The van der Waals surface area contributed by atoms with Gasteiger partial charge in [-0.1, -0.05) is 30.3 Å². The molecule has 0 atom stereocenters. The third kappa shape index (κ3) is 6.47. The number of para-hydroxylation sites is 1. The molecule has 38 heavy (non-hydrogen) atoms. The molecular formula is C28H30N6O4. The minimum Gasteiger partial charge on any atom is -0.444 e. The quantitative estimate of drug-likeness (QED) is 0.324. The van der Waals surface area contributed by atoms with E-state index in [1.165, 1.54) is 0 Å². The number of ether oxygens (including phenoxy) is 1. The fourth-order valence-electron chi connectivity index (χ4n) is 3.72. The Morgan fingerprint density at radius 2 is 1.39 bits per heavy atom. The van der Waals surface area contributed by atoms with Gasteiger partial charge < -0.3 is 24.5 Å². The van der Waals surface area contributed by atoms with Crippen LogP contribution in [0.5, 0.6) is 0 Å². The van der Waals surface area contributed by atoms with E-state index in [9.17, 15) is 14.4 Å². The minimum absolute atomic E-state index is 0.278. The summed E-state index contributed by atoms with van der Waals surface area (Å²) in [7, 11) is 3.47. The number of benzene rings is 2. The first kappa shape index (κ1) is 26.2. The SMILES string of the molecule is Cn1cc(NC(=O)OC(C)(C)C)cc1C(=O)Nc1ccc(-c2cn(C)c(C(=O)Nc3ccccc3)n2)cc1. The number of hydrogen-bond donors (Lipinski definition) is 3. The van der Waals surface area contributed by atoms with Gasteiger partial charge in [0.25, 0.3) is 11.8 Å². The number of aryl methyl sites for hydroxylation is 2. The molecule has 0 radical (unpaired) electrons. The zero-order valence-electron chi connectivity index (χ0n) is 21.9. The molecule has 0 saturated heterocycles. The van der Waals surface area contributed by atoms with Gasteiger partial charge in [0, 0.05) is 43.4 Å². The molecule has 2 aromatic carbocycles. The molecule has 196 valence electrons. The second-order valence-electron chi connectivity index (χ2n) is 9.76. The van der Waals surface area contributed by atoms with E-state index in [4.69, 9.17) is 4.74 Å². The molecule has 0 aliphatic rings. The molecule has 2 aromatic heterocycles. The van der Waals surface area contributed by atoms with Gasteiger partial charge in [-0.25, -0.2) is 9.78 Å². The minimum atomic E-state index is -0.628. The summed E-state index contributed by atoms with van der Waals surface area (Å²) >= 11 is 0. The number of carbonyl (C=O) groups is 3. The molecule has 0 aliphatic carbocycles. The van der Waals surface area contributed by atoms with Gasteiger partial charge in [0.1, 0.15) is 11.3 Å². The number of carbonyl (C=O) groups excluding carboxylic acids is 3. The monoisotopic (exact) mass is 514 g/mol. The van der Waals surface area contributed by atoms with Crippen molar-refractivity contribution < 1.29 is 19.1 Å². The number of amides is 3. The predicted octanol–water partition coefficient (Wildman–Crippen LogP) is 5.28. The summed E-state index contributed by atoms with van der Waals surface area (Å²) in [6, 6.07) is 17.9. The Morgan fingerprint density at radius 1 is 0.763 bits per heavy atom. The van der Waals surface area contributed by atoms with Crippen molar-refractivity contribution in [2.75, 3.05) is 16.0 Å². The number of nitrogens with one attached hydrogen (secondary N) is 3. The van der Waals surface area contributed by atoms with Gasteiger partial charge in [-0.05, 0) is 51.1 Å². The van der Waals surface area contributed by atoms with E-state index in [2.05, 4.69) is 20.9 Å². The molecule has 2 heterocycles. The molecular weight excluding hydrogens is 484 g/mol. The lowest BCUT2D eigenvalue weighted by atomic mass is 10.1. The maximum atomic E-state index is 12.9. The van der Waals surface area contributed by atoms with Crippen LogP contribution in [0.1, 0.15) is 41.9 Å². The lowest BCUT2D eigenvalue weighted by Gasteiger charge is -2.19. The molecule has 0 unspecified atom stereocenters. The third-order valence-electron chi connectivity index (χ3n) is 5.43. The van der Waals surface area contributed by atoms with Crippen LogP contribution < -0.4 is 16.0 Å². The predicted molar refractivity (Wildman–Crippen MR) is 146 cm³/mol. The Balaban J connectivity index is 1.41. The van der Waals surface area contributed by atoms with Crippen molar-refractivity contribution in [1.82, 2.24) is 14.1 Å². The standard InChI is InChI=1S/C28H30N6O4/c1-28(2,3)38-27(37)31-21-15-23(33(4)16-21)25(35)29-20-13-11-18(12-14-20)22-17-34(5)24(32-22)26(36)30-19-9-7-6-8-10-19/h6-17H,1-5H3,(H,29,35)(H,30,36)(H,31,37). The summed E-state index contributed by atoms with van der Waals surface area (Å²) < 4.78 is 8.54. The lowest BCUT2D eigenvalue weighted by molar-refractivity contribution is 0.0635. The maximum absolute atomic E-state index is 12.9. The molecule has 0 spiro atoms. The average Bonchev–Trinajstić information content (AvgIpc) is 3.41. The van der Waals surface area contributed by atoms with Crippen molar-refractivity contribution in [2.45, 2.75) is 26.4 Å². The van der Waals surface area contributed by atoms with E-state index in [1.807, 2.05) is 42.5 Å². The Morgan fingerprint density at radius 3 is 2.05 bits per heavy atom. The Bertz CT molecular complexity index is 1460. The summed E-state index contributed by atoms with van der Waals surface area (Å²) in [5.74, 6) is -0.368. The van der Waals surface area contributed by atoms with Crippen LogP contribution in [0.25, 0.3) is 11.3 Å². The van der Waals surface area contributed by atoms with E-state index >= 15 is 0 Å². The maximum Gasteiger partial charge on any atom is 0.412 e. The highest BCUT2D eigenvalue weighted by Gasteiger charge is 2.19. The number of nitrogens with zero attached hydrogens (tertiary/aromatic N) is 3. The van der Waals surface area contributed by atoms with Crippen LogP contribution in [0.3, 0.4) is 0 Å². The molecule has 4 aromatic rings. The molecule has 0 bridgehead atoms. The number of aromatic nitrogens is 3. The van der Waals surface area contributed by atoms with Crippen molar-refractivity contribution in [2.24, 2.45) is 14.1 Å². The van der Waals surface area contributed by atoms with E-state index in [1.54, 1.807) is 74.6 Å². The largest absolute Gasteiger partial charge is 0.444 e. The van der Waals surface area contributed by atoms with Crippen LogP contribution >= 0.6 is 0 Å². The topological polar surface area (TPSA) is 119 Å². The number of anilines is 3. The van der Waals surface area contributed by atoms with Gasteiger partial charge in [0.2, 0.25) is 0 Å². The summed E-state index contributed by atoms with van der Waals surface area (Å²) in [6.45, 7) is 5.33. The molecule has 0 aliphatic heterocycles. The van der Waals surface area contributed by atoms with Crippen LogP contribution in [0.2, 0.25) is 0 Å². The molecule has 4 rings (SSSR count). The highest BCUT2D eigenvalue weighted by molar-refractivity contribution is 6.04. The molecule has 3 amide bonds. The van der Waals surface area contributed by atoms with Gasteiger partial charge >= 0.3 is 6.09 Å². The summed E-state index contributed by atoms with van der Waals surface area (Å²) in [5.41, 5.74) is 2.87. The molecule has 0 fully saturated rings. The normalized spacial score (nSPS) is 11.1. The first-order valence-electron chi connectivity index (χ1n) is 12.0.